The van der Waals surface area contributed by atoms with Crippen LogP contribution in [0.3, 0.4) is 0 Å². The predicted molar refractivity (Wildman–Crippen MR) is 70.8 cm³/mol. The van der Waals surface area contributed by atoms with Crippen LogP contribution >= 0.6 is 0 Å². The predicted octanol–water partition coefficient (Wildman–Crippen LogP) is -0.236. The standard InChI is InChI=1S/C11H12N6O4/c18-10(12-3-1-2-9-14-6-15-16-9)8-4-7(17(20)21)5-13-11(8)19/h4-6H,1-3H2,(H,12,18)(H,13,19)(H,14,15,16). The Morgan fingerprint density at radius 1 is 1.48 bits per heavy atom. The fraction of sp³-hybridized carbons (Fsp3) is 0.273. The molecule has 21 heavy (non-hydrogen) atoms. The van der Waals surface area contributed by atoms with Crippen molar-refractivity contribution in [2.75, 3.05) is 6.54 Å². The number of hydrogen-bond donors (Lipinski definition) is 3. The summed E-state index contributed by atoms with van der Waals surface area (Å²) < 4.78 is 0. The number of H-pyrrole nitrogens is 2. The maximum Gasteiger partial charge on any atom is 0.286 e. The van der Waals surface area contributed by atoms with E-state index >= 15 is 0 Å². The Morgan fingerprint density at radius 2 is 2.29 bits per heavy atom. The van der Waals surface area contributed by atoms with Crippen molar-refractivity contribution >= 4 is 11.6 Å². The van der Waals surface area contributed by atoms with Gasteiger partial charge in [0, 0.05) is 19.0 Å². The van der Waals surface area contributed by atoms with E-state index in [9.17, 15) is 19.7 Å². The van der Waals surface area contributed by atoms with Crippen molar-refractivity contribution < 1.29 is 9.72 Å². The summed E-state index contributed by atoms with van der Waals surface area (Å²) in [4.78, 5) is 39.3. The topological polar surface area (TPSA) is 147 Å². The third-order valence-electron chi connectivity index (χ3n) is 2.68. The lowest BCUT2D eigenvalue weighted by molar-refractivity contribution is -0.385. The third-order valence-corrected chi connectivity index (χ3v) is 2.68. The molecule has 0 unspecified atom stereocenters. The maximum absolute atomic E-state index is 11.8. The van der Waals surface area contributed by atoms with Crippen molar-refractivity contribution in [2.24, 2.45) is 0 Å². The molecule has 0 aliphatic heterocycles. The number of nitrogens with zero attached hydrogens (tertiary/aromatic N) is 3. The van der Waals surface area contributed by atoms with E-state index in [-0.39, 0.29) is 11.3 Å². The minimum absolute atomic E-state index is 0.288. The average molecular weight is 292 g/mol. The number of hydrogen-bond acceptors (Lipinski definition) is 6. The van der Waals surface area contributed by atoms with Crippen molar-refractivity contribution in [3.8, 4) is 0 Å². The average Bonchev–Trinajstić information content (AvgIpc) is 2.96. The van der Waals surface area contributed by atoms with Crippen LogP contribution in [-0.2, 0) is 6.42 Å². The first-order valence-electron chi connectivity index (χ1n) is 6.07. The van der Waals surface area contributed by atoms with Crippen LogP contribution in [0, 0.1) is 10.1 Å². The van der Waals surface area contributed by atoms with Gasteiger partial charge >= 0.3 is 0 Å². The molecule has 3 N–H and O–H groups in total. The molecule has 10 heteroatoms. The van der Waals surface area contributed by atoms with Gasteiger partial charge < -0.3 is 10.3 Å². The number of nitro groups is 1. The van der Waals surface area contributed by atoms with Gasteiger partial charge in [-0.1, -0.05) is 0 Å². The second kappa shape index (κ2) is 6.41. The van der Waals surface area contributed by atoms with Gasteiger partial charge in [0.1, 0.15) is 17.7 Å². The number of pyridine rings is 1. The Kier molecular flexibility index (Phi) is 4.39. The summed E-state index contributed by atoms with van der Waals surface area (Å²) in [5, 5.41) is 19.5. The van der Waals surface area contributed by atoms with Crippen LogP contribution < -0.4 is 10.9 Å². The maximum atomic E-state index is 11.8. The summed E-state index contributed by atoms with van der Waals surface area (Å²) in [5.41, 5.74) is -1.31. The summed E-state index contributed by atoms with van der Waals surface area (Å²) in [6, 6.07) is 0.949. The normalized spacial score (nSPS) is 10.3. The lowest BCUT2D eigenvalue weighted by Crippen LogP contribution is -2.30. The summed E-state index contributed by atoms with van der Waals surface area (Å²) in [6.07, 6.45) is 3.51. The molecule has 2 aromatic rings. The lowest BCUT2D eigenvalue weighted by atomic mass is 10.2. The smallest absolute Gasteiger partial charge is 0.286 e. The van der Waals surface area contributed by atoms with Crippen LogP contribution in [0.15, 0.2) is 23.4 Å². The molecule has 0 aromatic carbocycles. The molecular formula is C11H12N6O4. The van der Waals surface area contributed by atoms with E-state index in [0.717, 1.165) is 12.3 Å². The number of amides is 1. The van der Waals surface area contributed by atoms with Gasteiger partial charge in [0.05, 0.1) is 11.1 Å². The van der Waals surface area contributed by atoms with Crippen LogP contribution in [0.2, 0.25) is 0 Å². The minimum Gasteiger partial charge on any atom is -0.352 e. The number of aromatic amines is 2. The molecule has 0 atom stereocenters. The lowest BCUT2D eigenvalue weighted by Gasteiger charge is -2.03. The molecule has 2 rings (SSSR count). The molecule has 1 amide bonds. The summed E-state index contributed by atoms with van der Waals surface area (Å²) >= 11 is 0. The zero-order chi connectivity index (χ0) is 15.2. The Labute approximate surface area is 117 Å². The molecule has 0 bridgehead atoms. The summed E-state index contributed by atoms with van der Waals surface area (Å²) in [7, 11) is 0. The highest BCUT2D eigenvalue weighted by atomic mass is 16.6. The number of carbonyl (C=O) groups excluding carboxylic acids is 1. The van der Waals surface area contributed by atoms with Crippen LogP contribution in [0.25, 0.3) is 0 Å². The first-order valence-corrected chi connectivity index (χ1v) is 6.07. The fourth-order valence-electron chi connectivity index (χ4n) is 1.65. The van der Waals surface area contributed by atoms with Crippen molar-refractivity contribution in [1.29, 1.82) is 0 Å². The van der Waals surface area contributed by atoms with E-state index in [1.165, 1.54) is 6.33 Å². The van der Waals surface area contributed by atoms with Gasteiger partial charge in [-0.15, -0.1) is 0 Å². The van der Waals surface area contributed by atoms with E-state index < -0.39 is 16.4 Å². The third kappa shape index (κ3) is 3.72. The second-order valence-corrected chi connectivity index (χ2v) is 4.15. The van der Waals surface area contributed by atoms with Crippen molar-refractivity contribution in [2.45, 2.75) is 12.8 Å². The monoisotopic (exact) mass is 292 g/mol. The second-order valence-electron chi connectivity index (χ2n) is 4.15. The number of nitrogens with one attached hydrogen (secondary N) is 3. The minimum atomic E-state index is -0.684. The largest absolute Gasteiger partial charge is 0.352 e. The molecule has 0 spiro atoms. The van der Waals surface area contributed by atoms with E-state index in [1.807, 2.05) is 0 Å². The van der Waals surface area contributed by atoms with Gasteiger partial charge in [-0.2, -0.15) is 5.10 Å². The van der Waals surface area contributed by atoms with E-state index in [2.05, 4.69) is 25.5 Å². The van der Waals surface area contributed by atoms with Gasteiger partial charge in [-0.3, -0.25) is 24.8 Å². The highest BCUT2D eigenvalue weighted by molar-refractivity contribution is 5.94. The first-order chi connectivity index (χ1) is 10.1. The van der Waals surface area contributed by atoms with Crippen molar-refractivity contribution in [1.82, 2.24) is 25.5 Å². The Balaban J connectivity index is 1.92. The molecule has 0 aliphatic rings. The number of aryl methyl sites for hydroxylation is 1. The van der Waals surface area contributed by atoms with E-state index in [4.69, 9.17) is 0 Å². The van der Waals surface area contributed by atoms with E-state index in [0.29, 0.717) is 25.2 Å². The van der Waals surface area contributed by atoms with Crippen LogP contribution in [0.4, 0.5) is 5.69 Å². The molecule has 0 aliphatic carbocycles. The van der Waals surface area contributed by atoms with E-state index in [1.54, 1.807) is 0 Å². The Hall–Kier alpha value is -3.04. The Bertz CT molecular complexity index is 693. The van der Waals surface area contributed by atoms with Crippen molar-refractivity contribution in [3.05, 3.63) is 50.4 Å². The summed E-state index contributed by atoms with van der Waals surface area (Å²) in [5.74, 6) is 0.0370. The molecular weight excluding hydrogens is 280 g/mol. The van der Waals surface area contributed by atoms with Crippen molar-refractivity contribution in [3.63, 3.8) is 0 Å². The first kappa shape index (κ1) is 14.4. The number of aromatic nitrogens is 4. The molecule has 10 nitrogen and oxygen atoms in total. The molecule has 0 saturated carbocycles. The van der Waals surface area contributed by atoms with Gasteiger partial charge in [0.2, 0.25) is 0 Å². The van der Waals surface area contributed by atoms with Gasteiger partial charge in [0.15, 0.2) is 0 Å². The number of rotatable bonds is 6. The molecule has 0 saturated heterocycles. The van der Waals surface area contributed by atoms with Crippen LogP contribution in [0.5, 0.6) is 0 Å². The zero-order valence-corrected chi connectivity index (χ0v) is 10.8. The molecule has 0 fully saturated rings. The van der Waals surface area contributed by atoms with Gasteiger partial charge in [0.25, 0.3) is 17.2 Å². The molecule has 110 valence electrons. The SMILES string of the molecule is O=C(NCCCc1ncn[nH]1)c1cc([N+](=O)[O-])c[nH]c1=O. The molecule has 0 radical (unpaired) electrons. The van der Waals surface area contributed by atoms with Crippen LogP contribution in [0.1, 0.15) is 22.6 Å². The highest BCUT2D eigenvalue weighted by Gasteiger charge is 2.15. The van der Waals surface area contributed by atoms with Crippen LogP contribution in [-0.4, -0.2) is 37.5 Å². The molecule has 2 heterocycles. The van der Waals surface area contributed by atoms with Gasteiger partial charge in [-0.25, -0.2) is 4.98 Å². The quantitative estimate of drug-likeness (QED) is 0.380. The molecule has 2 aromatic heterocycles. The highest BCUT2D eigenvalue weighted by Crippen LogP contribution is 2.07. The Morgan fingerprint density at radius 3 is 2.95 bits per heavy atom. The summed E-state index contributed by atoms with van der Waals surface area (Å²) in [6.45, 7) is 0.307. The number of carbonyl (C=O) groups is 1. The zero-order valence-electron chi connectivity index (χ0n) is 10.8. The fourth-order valence-corrected chi connectivity index (χ4v) is 1.65. The van der Waals surface area contributed by atoms with Gasteiger partial charge in [-0.05, 0) is 6.42 Å².